The van der Waals surface area contributed by atoms with E-state index in [-0.39, 0.29) is 6.54 Å². The Hall–Kier alpha value is -9.00. The summed E-state index contributed by atoms with van der Waals surface area (Å²) in [5.74, 6) is 12.8. The molecule has 0 saturated heterocycles. The van der Waals surface area contributed by atoms with Crippen molar-refractivity contribution >= 4 is 0 Å². The summed E-state index contributed by atoms with van der Waals surface area (Å²) in [5.41, 5.74) is -0.996. The van der Waals surface area contributed by atoms with E-state index in [0.29, 0.717) is 50.3 Å². The molecule has 0 bridgehead atoms. The third kappa shape index (κ3) is 9.89. The molecule has 1 atom stereocenters. The molecule has 10 nitrogen and oxygen atoms in total. The topological polar surface area (TPSA) is 142 Å². The highest BCUT2D eigenvalue weighted by molar-refractivity contribution is 5.48. The van der Waals surface area contributed by atoms with Gasteiger partial charge in [0.15, 0.2) is 28.7 Å². The van der Waals surface area contributed by atoms with Gasteiger partial charge in [-0.2, -0.15) is 10.2 Å². The Kier molecular flexibility index (Phi) is 14.5. The van der Waals surface area contributed by atoms with Crippen LogP contribution in [0.1, 0.15) is 56.4 Å². The molecule has 1 unspecified atom stereocenters. The zero-order chi connectivity index (χ0) is 49.7. The summed E-state index contributed by atoms with van der Waals surface area (Å²) < 4.78 is 3.10. The van der Waals surface area contributed by atoms with Crippen LogP contribution in [0, 0.1) is 23.7 Å². The van der Waals surface area contributed by atoms with Gasteiger partial charge in [0.05, 0.1) is 0 Å². The van der Waals surface area contributed by atoms with Crippen molar-refractivity contribution in [3.8, 4) is 23.7 Å². The highest BCUT2D eigenvalue weighted by Crippen LogP contribution is 2.40. The highest BCUT2D eigenvalue weighted by atomic mass is 16.3. The lowest BCUT2D eigenvalue weighted by Crippen LogP contribution is -2.38. The Morgan fingerprint density at radius 3 is 1.11 bits per heavy atom. The summed E-state index contributed by atoms with van der Waals surface area (Å²) >= 11 is 0. The van der Waals surface area contributed by atoms with Gasteiger partial charge in [0.2, 0.25) is 0 Å². The molecule has 8 aromatic carbocycles. The highest BCUT2D eigenvalue weighted by Gasteiger charge is 2.43. The number of hydrogen-bond donors (Lipinski definition) is 4. The number of benzene rings is 8. The van der Waals surface area contributed by atoms with Gasteiger partial charge in [-0.25, -0.2) is 19.3 Å². The van der Waals surface area contributed by atoms with Crippen LogP contribution in [-0.4, -0.2) is 50.0 Å². The standard InChI is InChI=1S/2C31H25N3O2/c35-30(25-14-5-1-6-15-25,26-16-7-2-8-17-26)22-13-23-34-29(32-24-33-34)31(36,27-18-9-3-10-19-27)28-20-11-4-12-21-28;35-30(25-13-5-1-6-14-25,26-15-7-2-8-16-26)22-21-29(34-24-32-23-33-34)31(36,27-17-9-3-10-18-27)28-19-11-4-12-20-28/h1-12,14-21,24,35-36H,23H2;1-20,23-24,29,35-36H. The number of aromatic nitrogens is 6. The number of aliphatic hydroxyl groups is 4. The summed E-state index contributed by atoms with van der Waals surface area (Å²) in [6.45, 7) is 0.124. The van der Waals surface area contributed by atoms with Crippen molar-refractivity contribution in [1.29, 1.82) is 0 Å². The van der Waals surface area contributed by atoms with E-state index >= 15 is 0 Å². The maximum atomic E-state index is 12.5. The molecular weight excluding hydrogens is 893 g/mol. The van der Waals surface area contributed by atoms with E-state index in [1.807, 2.05) is 243 Å². The van der Waals surface area contributed by atoms with Crippen LogP contribution < -0.4 is 0 Å². The van der Waals surface area contributed by atoms with Gasteiger partial charge in [-0.05, 0) is 22.3 Å². The minimum Gasteiger partial charge on any atom is -0.377 e. The maximum Gasteiger partial charge on any atom is 0.176 e. The molecule has 4 N–H and O–H groups in total. The molecule has 0 aliphatic carbocycles. The fourth-order valence-corrected chi connectivity index (χ4v) is 8.78. The Morgan fingerprint density at radius 1 is 0.403 bits per heavy atom. The monoisotopic (exact) mass is 942 g/mol. The van der Waals surface area contributed by atoms with Gasteiger partial charge in [-0.3, -0.25) is 0 Å². The Bertz CT molecular complexity index is 3220. The summed E-state index contributed by atoms with van der Waals surface area (Å²) in [4.78, 5) is 8.56. The summed E-state index contributed by atoms with van der Waals surface area (Å²) in [6, 6.07) is 73.9. The molecule has 0 amide bonds. The first-order valence-electron chi connectivity index (χ1n) is 23.3. The van der Waals surface area contributed by atoms with Crippen molar-refractivity contribution in [3.05, 3.63) is 312 Å². The average molecular weight is 943 g/mol. The van der Waals surface area contributed by atoms with E-state index < -0.39 is 28.4 Å². The lowest BCUT2D eigenvalue weighted by molar-refractivity contribution is 0.0399. The largest absolute Gasteiger partial charge is 0.377 e. The predicted octanol–water partition coefficient (Wildman–Crippen LogP) is 9.20. The smallest absolute Gasteiger partial charge is 0.176 e. The molecule has 0 radical (unpaired) electrons. The lowest BCUT2D eigenvalue weighted by atomic mass is 9.79. The molecule has 0 aliphatic rings. The van der Waals surface area contributed by atoms with E-state index in [2.05, 4.69) is 43.8 Å². The quantitative estimate of drug-likeness (QED) is 0.0889. The van der Waals surface area contributed by atoms with Gasteiger partial charge in [0.25, 0.3) is 0 Å². The van der Waals surface area contributed by atoms with E-state index in [4.69, 9.17) is 0 Å². The Morgan fingerprint density at radius 2 is 0.750 bits per heavy atom. The van der Waals surface area contributed by atoms with Gasteiger partial charge in [0, 0.05) is 22.3 Å². The van der Waals surface area contributed by atoms with Gasteiger partial charge in [0.1, 0.15) is 31.1 Å². The molecular formula is C62H50N6O4. The van der Waals surface area contributed by atoms with Crippen LogP contribution in [0.15, 0.2) is 262 Å². The number of rotatable bonds is 12. The van der Waals surface area contributed by atoms with Crippen LogP contribution in [0.5, 0.6) is 0 Å². The fraction of sp³-hybridized carbons (Fsp3) is 0.0968. The first-order valence-corrected chi connectivity index (χ1v) is 23.3. The van der Waals surface area contributed by atoms with Crippen molar-refractivity contribution in [2.75, 3.05) is 0 Å². The third-order valence-electron chi connectivity index (χ3n) is 12.5. The van der Waals surface area contributed by atoms with Crippen molar-refractivity contribution in [3.63, 3.8) is 0 Å². The second-order valence-electron chi connectivity index (χ2n) is 16.9. The van der Waals surface area contributed by atoms with Crippen LogP contribution in [0.4, 0.5) is 0 Å². The van der Waals surface area contributed by atoms with E-state index in [9.17, 15) is 20.4 Å². The molecule has 10 rings (SSSR count). The lowest BCUT2D eigenvalue weighted by Gasteiger charge is -2.34. The normalized spacial score (nSPS) is 11.9. The minimum absolute atomic E-state index is 0.124. The number of hydrogen-bond acceptors (Lipinski definition) is 8. The van der Waals surface area contributed by atoms with Gasteiger partial charge >= 0.3 is 0 Å². The first-order chi connectivity index (χ1) is 35.2. The second-order valence-corrected chi connectivity index (χ2v) is 16.9. The molecule has 0 saturated carbocycles. The average Bonchev–Trinajstić information content (AvgIpc) is 4.19. The minimum atomic E-state index is -1.62. The maximum absolute atomic E-state index is 12.5. The van der Waals surface area contributed by atoms with Crippen molar-refractivity contribution in [2.24, 2.45) is 0 Å². The van der Waals surface area contributed by atoms with E-state index in [1.54, 1.807) is 4.68 Å². The molecule has 10 heteroatoms. The summed E-state index contributed by atoms with van der Waals surface area (Å²) in [6.07, 6.45) is 4.35. The van der Waals surface area contributed by atoms with Crippen molar-refractivity contribution in [1.82, 2.24) is 29.5 Å². The molecule has 10 aromatic rings. The predicted molar refractivity (Wildman–Crippen MR) is 277 cm³/mol. The van der Waals surface area contributed by atoms with Crippen molar-refractivity contribution in [2.45, 2.75) is 35.0 Å². The zero-order valence-electron chi connectivity index (χ0n) is 39.1. The second kappa shape index (κ2) is 21.7. The SMILES string of the molecule is OC(C#CC(n1cncn1)C(O)(c1ccccc1)c1ccccc1)(c1ccccc1)c1ccccc1.OC(C#CCn1ncnc1C(O)(c1ccccc1)c1ccccc1)(c1ccccc1)c1ccccc1. The van der Waals surface area contributed by atoms with Gasteiger partial charge in [-0.1, -0.05) is 266 Å². The molecule has 72 heavy (non-hydrogen) atoms. The molecule has 2 aromatic heterocycles. The Labute approximate surface area is 418 Å². The molecule has 0 fully saturated rings. The molecule has 352 valence electrons. The van der Waals surface area contributed by atoms with E-state index in [1.165, 1.54) is 23.7 Å². The first kappa shape index (κ1) is 48.0. The van der Waals surface area contributed by atoms with Gasteiger partial charge < -0.3 is 20.4 Å². The molecule has 0 spiro atoms. The number of nitrogens with zero attached hydrogens (tertiary/aromatic N) is 6. The summed E-state index contributed by atoms with van der Waals surface area (Å²) in [7, 11) is 0. The van der Waals surface area contributed by atoms with Gasteiger partial charge in [-0.15, -0.1) is 0 Å². The molecule has 2 heterocycles. The van der Waals surface area contributed by atoms with Crippen LogP contribution in [-0.2, 0) is 28.9 Å². The van der Waals surface area contributed by atoms with Crippen LogP contribution in [0.3, 0.4) is 0 Å². The molecule has 0 aliphatic heterocycles. The fourth-order valence-electron chi connectivity index (χ4n) is 8.78. The van der Waals surface area contributed by atoms with Crippen molar-refractivity contribution < 1.29 is 20.4 Å². The Balaban J connectivity index is 0.000000178. The van der Waals surface area contributed by atoms with Crippen LogP contribution in [0.25, 0.3) is 0 Å². The van der Waals surface area contributed by atoms with Crippen LogP contribution in [0.2, 0.25) is 0 Å². The van der Waals surface area contributed by atoms with E-state index in [0.717, 1.165) is 0 Å². The zero-order valence-corrected chi connectivity index (χ0v) is 39.1. The van der Waals surface area contributed by atoms with Crippen LogP contribution >= 0.6 is 0 Å². The summed E-state index contributed by atoms with van der Waals surface area (Å²) in [5, 5.41) is 56.9. The third-order valence-corrected chi connectivity index (χ3v) is 12.5.